The molecule has 0 bridgehead atoms. The number of hydrogen-bond acceptors (Lipinski definition) is 3. The molecular weight excluding hydrogens is 268 g/mol. The van der Waals surface area contributed by atoms with Crippen molar-refractivity contribution in [3.8, 4) is 5.75 Å². The molecule has 0 heterocycles. The van der Waals surface area contributed by atoms with Gasteiger partial charge in [-0.25, -0.2) is 0 Å². The summed E-state index contributed by atoms with van der Waals surface area (Å²) in [6, 6.07) is 6.10. The minimum absolute atomic E-state index is 0.764. The van der Waals surface area contributed by atoms with Crippen molar-refractivity contribution < 1.29 is 4.74 Å². The Morgan fingerprint density at radius 2 is 2.12 bits per heavy atom. The standard InChI is InChI=1S/C12H19BrN2O/c1-15(8-4-3-7-14)10-5-6-12(16-2)11(13)9-10/h5-6,9H,3-4,7-8,14H2,1-2H3. The minimum Gasteiger partial charge on any atom is -0.496 e. The molecule has 0 unspecified atom stereocenters. The lowest BCUT2D eigenvalue weighted by Gasteiger charge is -2.20. The maximum atomic E-state index is 5.47. The van der Waals surface area contributed by atoms with E-state index in [0.29, 0.717) is 0 Å². The number of nitrogens with two attached hydrogens (primary N) is 1. The van der Waals surface area contributed by atoms with Crippen molar-refractivity contribution in [2.45, 2.75) is 12.8 Å². The van der Waals surface area contributed by atoms with Crippen molar-refractivity contribution in [3.05, 3.63) is 22.7 Å². The van der Waals surface area contributed by atoms with Gasteiger partial charge >= 0.3 is 0 Å². The van der Waals surface area contributed by atoms with Crippen LogP contribution in [-0.2, 0) is 0 Å². The molecule has 0 saturated carbocycles. The van der Waals surface area contributed by atoms with Gasteiger partial charge in [0.05, 0.1) is 11.6 Å². The first-order chi connectivity index (χ1) is 7.69. The third-order valence-corrected chi connectivity index (χ3v) is 3.14. The Morgan fingerprint density at radius 3 is 2.69 bits per heavy atom. The second kappa shape index (κ2) is 6.76. The number of halogens is 1. The highest BCUT2D eigenvalue weighted by Crippen LogP contribution is 2.29. The van der Waals surface area contributed by atoms with Crippen LogP contribution in [0.25, 0.3) is 0 Å². The molecular formula is C12H19BrN2O. The Hall–Kier alpha value is -0.740. The Balaban J connectivity index is 2.62. The molecule has 1 rings (SSSR count). The maximum absolute atomic E-state index is 5.47. The summed E-state index contributed by atoms with van der Waals surface area (Å²) in [6.45, 7) is 1.79. The molecule has 0 radical (unpaired) electrons. The predicted molar refractivity (Wildman–Crippen MR) is 72.3 cm³/mol. The number of nitrogens with zero attached hydrogens (tertiary/aromatic N) is 1. The van der Waals surface area contributed by atoms with Crippen LogP contribution in [0.2, 0.25) is 0 Å². The predicted octanol–water partition coefficient (Wildman–Crippen LogP) is 2.63. The smallest absolute Gasteiger partial charge is 0.133 e. The van der Waals surface area contributed by atoms with E-state index in [1.54, 1.807) is 7.11 Å². The normalized spacial score (nSPS) is 10.2. The van der Waals surface area contributed by atoms with Gasteiger partial charge in [0.25, 0.3) is 0 Å². The highest BCUT2D eigenvalue weighted by Gasteiger charge is 2.04. The quantitative estimate of drug-likeness (QED) is 0.817. The van der Waals surface area contributed by atoms with Gasteiger partial charge in [0.15, 0.2) is 0 Å². The molecule has 16 heavy (non-hydrogen) atoms. The van der Waals surface area contributed by atoms with Crippen LogP contribution in [0.4, 0.5) is 5.69 Å². The molecule has 1 aromatic rings. The van der Waals surface area contributed by atoms with Gasteiger partial charge in [-0.2, -0.15) is 0 Å². The third kappa shape index (κ3) is 3.68. The van der Waals surface area contributed by atoms with E-state index in [0.717, 1.165) is 36.2 Å². The number of ether oxygens (including phenoxy) is 1. The fraction of sp³-hybridized carbons (Fsp3) is 0.500. The van der Waals surface area contributed by atoms with Gasteiger partial charge in [-0.15, -0.1) is 0 Å². The van der Waals surface area contributed by atoms with Crippen molar-refractivity contribution in [1.29, 1.82) is 0 Å². The summed E-state index contributed by atoms with van der Waals surface area (Å²) in [5.41, 5.74) is 6.66. The zero-order chi connectivity index (χ0) is 12.0. The molecule has 4 heteroatoms. The van der Waals surface area contributed by atoms with E-state index in [4.69, 9.17) is 10.5 Å². The molecule has 0 aromatic heterocycles. The minimum atomic E-state index is 0.764. The van der Waals surface area contributed by atoms with Crippen LogP contribution in [0.3, 0.4) is 0 Å². The van der Waals surface area contributed by atoms with Crippen LogP contribution >= 0.6 is 15.9 Å². The fourth-order valence-corrected chi connectivity index (χ4v) is 2.04. The topological polar surface area (TPSA) is 38.5 Å². The van der Waals surface area contributed by atoms with Gasteiger partial charge in [-0.05, 0) is 53.5 Å². The van der Waals surface area contributed by atoms with Crippen LogP contribution in [0, 0.1) is 0 Å². The molecule has 1 aromatic carbocycles. The average molecular weight is 287 g/mol. The molecule has 0 saturated heterocycles. The van der Waals surface area contributed by atoms with E-state index in [1.807, 2.05) is 6.07 Å². The van der Waals surface area contributed by atoms with Crippen LogP contribution in [0.1, 0.15) is 12.8 Å². The average Bonchev–Trinajstić information content (AvgIpc) is 2.29. The Bertz CT molecular complexity index is 331. The lowest BCUT2D eigenvalue weighted by Crippen LogP contribution is -2.19. The largest absolute Gasteiger partial charge is 0.496 e. The number of rotatable bonds is 6. The van der Waals surface area contributed by atoms with Gasteiger partial charge in [-0.1, -0.05) is 0 Å². The third-order valence-electron chi connectivity index (χ3n) is 2.52. The van der Waals surface area contributed by atoms with Gasteiger partial charge in [0, 0.05) is 19.3 Å². The van der Waals surface area contributed by atoms with E-state index >= 15 is 0 Å². The first-order valence-electron chi connectivity index (χ1n) is 5.43. The van der Waals surface area contributed by atoms with E-state index in [2.05, 4.69) is 40.0 Å². The highest BCUT2D eigenvalue weighted by molar-refractivity contribution is 9.10. The highest BCUT2D eigenvalue weighted by atomic mass is 79.9. The van der Waals surface area contributed by atoms with Crippen molar-refractivity contribution in [2.24, 2.45) is 5.73 Å². The van der Waals surface area contributed by atoms with Crippen LogP contribution in [-0.4, -0.2) is 27.2 Å². The molecule has 0 amide bonds. The van der Waals surface area contributed by atoms with Gasteiger partial charge in [0.2, 0.25) is 0 Å². The Morgan fingerprint density at radius 1 is 1.38 bits per heavy atom. The van der Waals surface area contributed by atoms with Crippen molar-refractivity contribution in [3.63, 3.8) is 0 Å². The molecule has 90 valence electrons. The van der Waals surface area contributed by atoms with E-state index < -0.39 is 0 Å². The second-order valence-corrected chi connectivity index (χ2v) is 4.59. The summed E-state index contributed by atoms with van der Waals surface area (Å²) < 4.78 is 6.18. The van der Waals surface area contributed by atoms with Crippen molar-refractivity contribution in [1.82, 2.24) is 0 Å². The van der Waals surface area contributed by atoms with Crippen molar-refractivity contribution in [2.75, 3.05) is 32.1 Å². The molecule has 0 aliphatic rings. The van der Waals surface area contributed by atoms with E-state index in [-0.39, 0.29) is 0 Å². The summed E-state index contributed by atoms with van der Waals surface area (Å²) >= 11 is 3.49. The summed E-state index contributed by atoms with van der Waals surface area (Å²) in [6.07, 6.45) is 2.19. The van der Waals surface area contributed by atoms with Gasteiger partial charge in [-0.3, -0.25) is 0 Å². The van der Waals surface area contributed by atoms with E-state index in [9.17, 15) is 0 Å². The first kappa shape index (κ1) is 13.3. The second-order valence-electron chi connectivity index (χ2n) is 3.74. The molecule has 0 fully saturated rings. The summed E-state index contributed by atoms with van der Waals surface area (Å²) in [4.78, 5) is 2.22. The lowest BCUT2D eigenvalue weighted by molar-refractivity contribution is 0.412. The summed E-state index contributed by atoms with van der Waals surface area (Å²) in [5.74, 6) is 0.860. The Labute approximate surface area is 106 Å². The van der Waals surface area contributed by atoms with Crippen molar-refractivity contribution >= 4 is 21.6 Å². The maximum Gasteiger partial charge on any atom is 0.133 e. The number of benzene rings is 1. The molecule has 0 aliphatic heterocycles. The first-order valence-corrected chi connectivity index (χ1v) is 6.23. The molecule has 0 aliphatic carbocycles. The number of hydrogen-bond donors (Lipinski definition) is 1. The summed E-state index contributed by atoms with van der Waals surface area (Å²) in [7, 11) is 3.76. The number of methoxy groups -OCH3 is 1. The van der Waals surface area contributed by atoms with Gasteiger partial charge < -0.3 is 15.4 Å². The molecule has 0 atom stereocenters. The fourth-order valence-electron chi connectivity index (χ4n) is 1.52. The van der Waals surface area contributed by atoms with Crippen LogP contribution in [0.15, 0.2) is 22.7 Å². The Kier molecular flexibility index (Phi) is 5.63. The number of anilines is 1. The zero-order valence-electron chi connectivity index (χ0n) is 9.87. The van der Waals surface area contributed by atoms with Gasteiger partial charge in [0.1, 0.15) is 5.75 Å². The molecule has 0 spiro atoms. The zero-order valence-corrected chi connectivity index (χ0v) is 11.5. The number of unbranched alkanes of at least 4 members (excludes halogenated alkanes) is 1. The van der Waals surface area contributed by atoms with Crippen LogP contribution in [0.5, 0.6) is 5.75 Å². The summed E-state index contributed by atoms with van der Waals surface area (Å²) in [5, 5.41) is 0. The van der Waals surface area contributed by atoms with E-state index in [1.165, 1.54) is 5.69 Å². The SMILES string of the molecule is COc1ccc(N(C)CCCCN)cc1Br. The molecule has 3 nitrogen and oxygen atoms in total. The van der Waals surface area contributed by atoms with Crippen LogP contribution < -0.4 is 15.4 Å². The lowest BCUT2D eigenvalue weighted by atomic mass is 10.2. The molecule has 2 N–H and O–H groups in total. The monoisotopic (exact) mass is 286 g/mol.